The van der Waals surface area contributed by atoms with Gasteiger partial charge in [-0.05, 0) is 95.2 Å². The molecule has 1 heterocycles. The van der Waals surface area contributed by atoms with Gasteiger partial charge in [0, 0.05) is 4.90 Å². The summed E-state index contributed by atoms with van der Waals surface area (Å²) < 4.78 is 43.7. The first-order chi connectivity index (χ1) is 19.4. The lowest BCUT2D eigenvalue weighted by molar-refractivity contribution is -0.246. The molecule has 0 saturated carbocycles. The van der Waals surface area contributed by atoms with E-state index in [4.69, 9.17) is 23.7 Å². The average molecular weight is 625 g/mol. The lowest BCUT2D eigenvalue weighted by Gasteiger charge is -2.45. The van der Waals surface area contributed by atoms with Gasteiger partial charge in [0.05, 0.1) is 32.5 Å². The average Bonchev–Trinajstić information content (AvgIpc) is 2.87. The van der Waals surface area contributed by atoms with Gasteiger partial charge in [-0.1, -0.05) is 18.2 Å². The van der Waals surface area contributed by atoms with E-state index in [1.807, 2.05) is 0 Å². The lowest BCUT2D eigenvalue weighted by Crippen LogP contribution is -2.64. The van der Waals surface area contributed by atoms with Gasteiger partial charge in [-0.25, -0.2) is 0 Å². The Balaban J connectivity index is 2.76. The van der Waals surface area contributed by atoms with Crippen LogP contribution in [0.4, 0.5) is 0 Å². The number of ether oxygens (including phenoxy) is 5. The van der Waals surface area contributed by atoms with Crippen molar-refractivity contribution < 1.29 is 47.1 Å². The molecule has 1 unspecified atom stereocenters. The third-order valence-corrected chi connectivity index (χ3v) is 7.87. The molecule has 11 heteroatoms. The summed E-state index contributed by atoms with van der Waals surface area (Å²) in [5, 5.41) is 0. The fraction of sp³-hybridized carbons (Fsp3) is 0.688. The molecule has 1 fully saturated rings. The van der Waals surface area contributed by atoms with E-state index in [-0.39, 0.29) is 0 Å². The van der Waals surface area contributed by atoms with Crippen LogP contribution in [-0.4, -0.2) is 64.5 Å². The van der Waals surface area contributed by atoms with Crippen LogP contribution >= 0.6 is 0 Å². The van der Waals surface area contributed by atoms with Gasteiger partial charge in [-0.3, -0.25) is 23.4 Å². The normalized spacial score (nSPS) is 24.0. The van der Waals surface area contributed by atoms with Crippen LogP contribution in [0.3, 0.4) is 0 Å². The van der Waals surface area contributed by atoms with Gasteiger partial charge >= 0.3 is 23.9 Å². The second-order valence-corrected chi connectivity index (χ2v) is 16.4. The molecule has 0 aliphatic carbocycles. The molecule has 0 amide bonds. The summed E-state index contributed by atoms with van der Waals surface area (Å²) in [5.41, 5.74) is -5.21. The lowest BCUT2D eigenvalue weighted by atomic mass is 9.93. The van der Waals surface area contributed by atoms with Crippen LogP contribution in [-0.2, 0) is 53.7 Å². The SMILES string of the molecule is CC(C)(C)C(=O)OC[C@H]1O[C@@H](S(=O)c2ccccc2)[C@@H](OC(=O)C(C)(C)C)[C@@H](OC(=O)C(C)(C)C)[C@@H]1OC(=O)C(C)(C)C. The van der Waals surface area contributed by atoms with E-state index in [0.29, 0.717) is 4.90 Å². The van der Waals surface area contributed by atoms with Crippen LogP contribution in [0.1, 0.15) is 83.1 Å². The predicted molar refractivity (Wildman–Crippen MR) is 160 cm³/mol. The highest BCUT2D eigenvalue weighted by Crippen LogP contribution is 2.36. The van der Waals surface area contributed by atoms with E-state index >= 15 is 0 Å². The highest BCUT2D eigenvalue weighted by atomic mass is 32.2. The smallest absolute Gasteiger partial charge is 0.311 e. The molecular weight excluding hydrogens is 576 g/mol. The third kappa shape index (κ3) is 9.86. The number of rotatable bonds is 7. The van der Waals surface area contributed by atoms with Crippen molar-refractivity contribution in [3.63, 3.8) is 0 Å². The Bertz CT molecular complexity index is 1180. The molecular formula is C32H48O10S. The fourth-order valence-electron chi connectivity index (χ4n) is 3.55. The molecule has 1 saturated heterocycles. The highest BCUT2D eigenvalue weighted by Gasteiger charge is 2.56. The molecule has 0 radical (unpaired) electrons. The maximum atomic E-state index is 14.0. The summed E-state index contributed by atoms with van der Waals surface area (Å²) in [6.45, 7) is 19.4. The van der Waals surface area contributed by atoms with Crippen molar-refractivity contribution in [1.29, 1.82) is 0 Å². The Labute approximate surface area is 258 Å². The van der Waals surface area contributed by atoms with Crippen LogP contribution in [0.25, 0.3) is 0 Å². The predicted octanol–water partition coefficient (Wildman–Crippen LogP) is 4.98. The summed E-state index contributed by atoms with van der Waals surface area (Å²) in [5.74, 6) is -2.56. The molecule has 242 valence electrons. The van der Waals surface area contributed by atoms with E-state index in [0.717, 1.165) is 0 Å². The van der Waals surface area contributed by atoms with E-state index in [1.165, 1.54) is 0 Å². The number of hydrogen-bond acceptors (Lipinski definition) is 10. The topological polar surface area (TPSA) is 132 Å². The first-order valence-electron chi connectivity index (χ1n) is 14.4. The molecule has 10 nitrogen and oxygen atoms in total. The van der Waals surface area contributed by atoms with Crippen molar-refractivity contribution in [3.05, 3.63) is 30.3 Å². The number of benzene rings is 1. The van der Waals surface area contributed by atoms with Crippen LogP contribution in [0.15, 0.2) is 35.2 Å². The number of carbonyl (C=O) groups is 4. The maximum Gasteiger partial charge on any atom is 0.311 e. The molecule has 2 rings (SSSR count). The maximum absolute atomic E-state index is 14.0. The van der Waals surface area contributed by atoms with Gasteiger partial charge < -0.3 is 23.7 Å². The zero-order valence-corrected chi connectivity index (χ0v) is 28.3. The summed E-state index contributed by atoms with van der Waals surface area (Å²) in [4.78, 5) is 52.9. The summed E-state index contributed by atoms with van der Waals surface area (Å²) in [6, 6.07) is 8.39. The molecule has 0 N–H and O–H groups in total. The van der Waals surface area contributed by atoms with Crippen LogP contribution in [0.5, 0.6) is 0 Å². The quantitative estimate of drug-likeness (QED) is 0.302. The van der Waals surface area contributed by atoms with E-state index in [2.05, 4.69) is 0 Å². The Kier molecular flexibility index (Phi) is 11.4. The fourth-order valence-corrected chi connectivity index (χ4v) is 4.94. The van der Waals surface area contributed by atoms with E-state index in [9.17, 15) is 23.4 Å². The van der Waals surface area contributed by atoms with Crippen LogP contribution in [0, 0.1) is 21.7 Å². The molecule has 43 heavy (non-hydrogen) atoms. The number of esters is 4. The van der Waals surface area contributed by atoms with Gasteiger partial charge in [0.2, 0.25) is 0 Å². The molecule has 0 bridgehead atoms. The minimum absolute atomic E-state index is 0.362. The van der Waals surface area contributed by atoms with Crippen molar-refractivity contribution in [2.45, 2.75) is 118 Å². The summed E-state index contributed by atoms with van der Waals surface area (Å²) >= 11 is 0. The first kappa shape index (κ1) is 36.4. The summed E-state index contributed by atoms with van der Waals surface area (Å²) in [6.07, 6.45) is -5.51. The second-order valence-electron chi connectivity index (χ2n) is 14.9. The molecule has 1 aromatic carbocycles. The van der Waals surface area contributed by atoms with Gasteiger partial charge in [0.25, 0.3) is 0 Å². The molecule has 0 aromatic heterocycles. The number of hydrogen-bond donors (Lipinski definition) is 0. The molecule has 1 aromatic rings. The monoisotopic (exact) mass is 624 g/mol. The third-order valence-electron chi connectivity index (χ3n) is 6.34. The van der Waals surface area contributed by atoms with Crippen molar-refractivity contribution in [2.75, 3.05) is 6.61 Å². The van der Waals surface area contributed by atoms with Crippen LogP contribution < -0.4 is 0 Å². The molecule has 6 atom stereocenters. The Hall–Kier alpha value is -2.79. The highest BCUT2D eigenvalue weighted by molar-refractivity contribution is 7.85. The first-order valence-corrected chi connectivity index (χ1v) is 15.6. The van der Waals surface area contributed by atoms with Crippen molar-refractivity contribution in [1.82, 2.24) is 0 Å². The van der Waals surface area contributed by atoms with Gasteiger partial charge in [-0.15, -0.1) is 0 Å². The second kappa shape index (κ2) is 13.5. The Morgan fingerprint density at radius 2 is 1.02 bits per heavy atom. The van der Waals surface area contributed by atoms with Crippen molar-refractivity contribution in [3.8, 4) is 0 Å². The largest absolute Gasteiger partial charge is 0.462 e. The summed E-state index contributed by atoms with van der Waals surface area (Å²) in [7, 11) is -1.97. The number of carbonyl (C=O) groups excluding carboxylic acids is 4. The Morgan fingerprint density at radius 1 is 0.628 bits per heavy atom. The minimum Gasteiger partial charge on any atom is -0.462 e. The van der Waals surface area contributed by atoms with Crippen molar-refractivity contribution in [2.24, 2.45) is 21.7 Å². The van der Waals surface area contributed by atoms with Crippen LogP contribution in [0.2, 0.25) is 0 Å². The van der Waals surface area contributed by atoms with E-state index in [1.54, 1.807) is 113 Å². The molecule has 1 aliphatic heterocycles. The van der Waals surface area contributed by atoms with Crippen molar-refractivity contribution >= 4 is 34.7 Å². The molecule has 1 aliphatic rings. The minimum atomic E-state index is -1.97. The van der Waals surface area contributed by atoms with E-state index < -0.39 is 92.8 Å². The zero-order chi connectivity index (χ0) is 33.1. The van der Waals surface area contributed by atoms with Gasteiger partial charge in [-0.2, -0.15) is 0 Å². The Morgan fingerprint density at radius 3 is 1.44 bits per heavy atom. The van der Waals surface area contributed by atoms with Gasteiger partial charge in [0.15, 0.2) is 23.7 Å². The van der Waals surface area contributed by atoms with Gasteiger partial charge in [0.1, 0.15) is 12.7 Å². The molecule has 0 spiro atoms. The standard InChI is InChI=1S/C32H48O10S/c1-29(2,3)25(33)38-18-20-21(40-26(34)30(4,5)6)22(41-27(35)31(7,8)9)23(42-28(36)32(10,11)12)24(39-20)43(37)19-16-14-13-15-17-19/h13-17,20-24H,18H2,1-12H3/t20-,21-,22+,23+,24+,43?/m1/s1. The zero-order valence-electron chi connectivity index (χ0n) is 27.5.